The summed E-state index contributed by atoms with van der Waals surface area (Å²) in [6, 6.07) is 0.929. The van der Waals surface area contributed by atoms with Crippen molar-refractivity contribution in [3.05, 3.63) is 45.5 Å². The molecule has 12 nitrogen and oxygen atoms in total. The number of carbonyl (C=O) groups excluding carboxylic acids is 6. The van der Waals surface area contributed by atoms with Gasteiger partial charge in [0.2, 0.25) is 0 Å². The van der Waals surface area contributed by atoms with E-state index < -0.39 is 80.0 Å². The second kappa shape index (κ2) is 22.0. The first kappa shape index (κ1) is 49.0. The molecule has 0 aliphatic heterocycles. The standard InChI is InChI=1S/C16H8O12.6K/c17-11(18)3-1-2-4(12(19)20)6-5(3)7(13(21)22)9(15(25)26)10(16(27)28)8(6)14(23)24;;;;;;/h1-2H,(H,17,18)(H,19,20)(H,21,22)(H,23,24)(H,25,26)(H,27,28);;;;;;/q;6*+1/p-6. The summed E-state index contributed by atoms with van der Waals surface area (Å²) in [4.78, 5) is 68.4. The van der Waals surface area contributed by atoms with Gasteiger partial charge in [0.25, 0.3) is 0 Å². The molecule has 0 aliphatic carbocycles. The average molecular weight is 621 g/mol. The number of carboxylic acid groups (broad SMARTS) is 6. The maximum atomic E-state index is 11.5. The van der Waals surface area contributed by atoms with E-state index >= 15 is 0 Å². The van der Waals surface area contributed by atoms with Gasteiger partial charge in [-0.2, -0.15) is 0 Å². The average Bonchev–Trinajstić information content (AvgIpc) is 2.57. The fourth-order valence-corrected chi connectivity index (χ4v) is 2.78. The Kier molecular flexibility index (Phi) is 31.7. The molecule has 2 rings (SSSR count). The molecule has 0 fully saturated rings. The van der Waals surface area contributed by atoms with Crippen molar-refractivity contribution in [3.8, 4) is 0 Å². The van der Waals surface area contributed by atoms with Crippen LogP contribution in [0.15, 0.2) is 12.1 Å². The minimum Gasteiger partial charge on any atom is -0.545 e. The van der Waals surface area contributed by atoms with E-state index in [9.17, 15) is 59.4 Å². The quantitative estimate of drug-likeness (QED) is 0.273. The summed E-state index contributed by atoms with van der Waals surface area (Å²) in [6.07, 6.45) is 0. The van der Waals surface area contributed by atoms with E-state index in [4.69, 9.17) is 0 Å². The van der Waals surface area contributed by atoms with Crippen molar-refractivity contribution in [1.82, 2.24) is 0 Å². The summed E-state index contributed by atoms with van der Waals surface area (Å²) < 4.78 is 0. The van der Waals surface area contributed by atoms with Gasteiger partial charge in [-0.25, -0.2) is 0 Å². The third kappa shape index (κ3) is 11.2. The number of rotatable bonds is 6. The van der Waals surface area contributed by atoms with Crippen molar-refractivity contribution in [1.29, 1.82) is 0 Å². The molecule has 0 aromatic heterocycles. The molecule has 0 amide bonds. The Balaban J connectivity index is -0.000000467. The number of benzene rings is 2. The van der Waals surface area contributed by atoms with E-state index in [0.717, 1.165) is 0 Å². The zero-order valence-corrected chi connectivity index (χ0v) is 37.8. The van der Waals surface area contributed by atoms with E-state index in [0.29, 0.717) is 12.1 Å². The summed E-state index contributed by atoms with van der Waals surface area (Å²) in [5.74, 6) is -14.4. The SMILES string of the molecule is O=C([O-])c1c(C(=O)[O-])c(C(=O)[O-])c2c(C(=O)[O-])ccc(C(=O)[O-])c2c1C(=O)[O-].[K+].[K+].[K+].[K+].[K+].[K+]. The first-order valence-electron chi connectivity index (χ1n) is 6.86. The molecular weight excluding hydrogens is 619 g/mol. The van der Waals surface area contributed by atoms with Gasteiger partial charge in [-0.15, -0.1) is 0 Å². The summed E-state index contributed by atoms with van der Waals surface area (Å²) in [5, 5.41) is 65.8. The van der Waals surface area contributed by atoms with Gasteiger partial charge in [-0.3, -0.25) is 0 Å². The zero-order valence-electron chi connectivity index (χ0n) is 19.1. The Labute approximate surface area is 446 Å². The summed E-state index contributed by atoms with van der Waals surface area (Å²) >= 11 is 0. The number of aromatic carboxylic acids is 6. The number of hydrogen-bond acceptors (Lipinski definition) is 12. The molecule has 0 saturated heterocycles. The van der Waals surface area contributed by atoms with E-state index in [1.54, 1.807) is 0 Å². The van der Waals surface area contributed by atoms with Gasteiger partial charge in [0.05, 0.1) is 35.8 Å². The van der Waals surface area contributed by atoms with Crippen molar-refractivity contribution in [2.45, 2.75) is 0 Å². The Bertz CT molecular complexity index is 1060. The molecule has 0 N–H and O–H groups in total. The smallest absolute Gasteiger partial charge is 0.545 e. The molecule has 0 bridgehead atoms. The van der Waals surface area contributed by atoms with Gasteiger partial charge in [-0.05, 0) is 0 Å². The molecule has 0 radical (unpaired) electrons. The molecule has 18 heteroatoms. The van der Waals surface area contributed by atoms with Crippen LogP contribution in [0.3, 0.4) is 0 Å². The molecular formula is C16H2K6O12. The minimum atomic E-state index is -2.55. The monoisotopic (exact) mass is 620 g/mol. The van der Waals surface area contributed by atoms with Crippen LogP contribution in [0.25, 0.3) is 10.8 Å². The maximum absolute atomic E-state index is 11.5. The molecule has 0 saturated carbocycles. The van der Waals surface area contributed by atoms with Crippen LogP contribution in [-0.2, 0) is 0 Å². The van der Waals surface area contributed by atoms with Crippen molar-refractivity contribution >= 4 is 46.6 Å². The molecule has 2 aromatic rings. The first-order valence-corrected chi connectivity index (χ1v) is 6.86. The first-order chi connectivity index (χ1) is 12.9. The van der Waals surface area contributed by atoms with E-state index in [1.165, 1.54) is 0 Å². The van der Waals surface area contributed by atoms with Crippen molar-refractivity contribution in [2.24, 2.45) is 0 Å². The third-order valence-electron chi connectivity index (χ3n) is 3.71. The number of carbonyl (C=O) groups is 6. The number of carboxylic acids is 6. The van der Waals surface area contributed by atoms with Gasteiger partial charge in [-0.1, -0.05) is 12.1 Å². The molecule has 0 aliphatic rings. The predicted molar refractivity (Wildman–Crippen MR) is 69.9 cm³/mol. The third-order valence-corrected chi connectivity index (χ3v) is 3.71. The fourth-order valence-electron chi connectivity index (χ4n) is 2.78. The second-order valence-electron chi connectivity index (χ2n) is 5.14. The fraction of sp³-hybridized carbons (Fsp3) is 0. The zero-order chi connectivity index (χ0) is 21.5. The largest absolute Gasteiger partial charge is 1.00 e. The van der Waals surface area contributed by atoms with Crippen LogP contribution >= 0.6 is 0 Å². The van der Waals surface area contributed by atoms with Crippen molar-refractivity contribution < 1.29 is 368 Å². The summed E-state index contributed by atoms with van der Waals surface area (Å²) in [7, 11) is 0. The Morgan fingerprint density at radius 3 is 0.735 bits per heavy atom. The molecule has 0 atom stereocenters. The number of hydrogen-bond donors (Lipinski definition) is 0. The second-order valence-corrected chi connectivity index (χ2v) is 5.14. The molecule has 34 heavy (non-hydrogen) atoms. The van der Waals surface area contributed by atoms with Crippen LogP contribution in [0.1, 0.15) is 62.1 Å². The Morgan fingerprint density at radius 2 is 0.588 bits per heavy atom. The molecule has 0 unspecified atom stereocenters. The van der Waals surface area contributed by atoms with Crippen LogP contribution in [0.2, 0.25) is 0 Å². The van der Waals surface area contributed by atoms with Gasteiger partial charge in [0.15, 0.2) is 0 Å². The Morgan fingerprint density at radius 1 is 0.382 bits per heavy atom. The van der Waals surface area contributed by atoms with Crippen LogP contribution in [0, 0.1) is 0 Å². The van der Waals surface area contributed by atoms with E-state index in [-0.39, 0.29) is 308 Å². The predicted octanol–water partition coefficient (Wildman–Crippen LogP) is -25.0. The molecule has 0 heterocycles. The van der Waals surface area contributed by atoms with Gasteiger partial charge in [0, 0.05) is 44.2 Å². The van der Waals surface area contributed by atoms with Crippen LogP contribution in [-0.4, -0.2) is 35.8 Å². The summed E-state index contributed by atoms with van der Waals surface area (Å²) in [5.41, 5.74) is -9.31. The Hall–Kier alpha value is 5.34. The maximum Gasteiger partial charge on any atom is 1.00 e. The van der Waals surface area contributed by atoms with E-state index in [1.807, 2.05) is 0 Å². The number of fused-ring (bicyclic) bond motifs is 1. The van der Waals surface area contributed by atoms with Crippen molar-refractivity contribution in [3.63, 3.8) is 0 Å². The van der Waals surface area contributed by atoms with Gasteiger partial charge >= 0.3 is 308 Å². The molecule has 0 spiro atoms. The van der Waals surface area contributed by atoms with Crippen molar-refractivity contribution in [2.75, 3.05) is 0 Å². The molecule has 2 aromatic carbocycles. The minimum absolute atomic E-state index is 0. The normalized spacial score (nSPS) is 8.59. The van der Waals surface area contributed by atoms with Gasteiger partial charge < -0.3 is 59.4 Å². The summed E-state index contributed by atoms with van der Waals surface area (Å²) in [6.45, 7) is 0. The van der Waals surface area contributed by atoms with Crippen LogP contribution in [0.4, 0.5) is 0 Å². The van der Waals surface area contributed by atoms with Gasteiger partial charge in [0.1, 0.15) is 0 Å². The van der Waals surface area contributed by atoms with E-state index in [2.05, 4.69) is 0 Å². The molecule has 144 valence electrons. The van der Waals surface area contributed by atoms with Crippen LogP contribution < -0.4 is 339 Å². The topological polar surface area (TPSA) is 241 Å². The van der Waals surface area contributed by atoms with Crippen LogP contribution in [0.5, 0.6) is 0 Å².